The smallest absolute Gasteiger partial charge is 0.165 e. The van der Waals surface area contributed by atoms with Gasteiger partial charge < -0.3 is 20.1 Å². The van der Waals surface area contributed by atoms with Crippen molar-refractivity contribution in [1.82, 2.24) is 9.97 Å². The zero-order chi connectivity index (χ0) is 16.4. The van der Waals surface area contributed by atoms with Crippen molar-refractivity contribution in [1.29, 1.82) is 0 Å². The predicted octanol–water partition coefficient (Wildman–Crippen LogP) is 2.02. The highest BCUT2D eigenvalue weighted by molar-refractivity contribution is 5.81. The van der Waals surface area contributed by atoms with Crippen LogP contribution in [0.2, 0.25) is 0 Å². The number of hydrogen-bond donors (Lipinski definition) is 1. The molecule has 2 N–H and O–H groups in total. The van der Waals surface area contributed by atoms with E-state index in [9.17, 15) is 4.39 Å². The molecule has 0 saturated carbocycles. The Morgan fingerprint density at radius 3 is 2.65 bits per heavy atom. The van der Waals surface area contributed by atoms with E-state index >= 15 is 0 Å². The van der Waals surface area contributed by atoms with Gasteiger partial charge in [-0.1, -0.05) is 0 Å². The molecule has 1 aliphatic rings. The summed E-state index contributed by atoms with van der Waals surface area (Å²) in [4.78, 5) is 10.9. The number of halogens is 1. The molecule has 1 fully saturated rings. The summed E-state index contributed by atoms with van der Waals surface area (Å²) in [5.74, 6) is 0.999. The van der Waals surface area contributed by atoms with Crippen molar-refractivity contribution in [2.24, 2.45) is 0 Å². The molecule has 0 amide bonds. The van der Waals surface area contributed by atoms with E-state index < -0.39 is 5.82 Å². The second-order valence-corrected chi connectivity index (χ2v) is 5.31. The van der Waals surface area contributed by atoms with Crippen LogP contribution in [0.25, 0.3) is 11.3 Å². The maximum atomic E-state index is 14.0. The number of aromatic nitrogens is 2. The van der Waals surface area contributed by atoms with E-state index in [1.165, 1.54) is 13.2 Å². The summed E-state index contributed by atoms with van der Waals surface area (Å²) in [5.41, 5.74) is 7.85. The number of nitrogens with zero attached hydrogens (tertiary/aromatic N) is 3. The van der Waals surface area contributed by atoms with Crippen LogP contribution in [0.15, 0.2) is 18.2 Å². The minimum absolute atomic E-state index is 0.187. The Labute approximate surface area is 134 Å². The van der Waals surface area contributed by atoms with E-state index in [0.29, 0.717) is 41.8 Å². The Hall–Kier alpha value is -2.41. The lowest BCUT2D eigenvalue weighted by Crippen LogP contribution is -2.37. The number of nitrogen functional groups attached to an aromatic ring is 1. The molecule has 7 heteroatoms. The second kappa shape index (κ2) is 6.37. The lowest BCUT2D eigenvalue weighted by Gasteiger charge is -2.29. The van der Waals surface area contributed by atoms with Crippen LogP contribution in [0.3, 0.4) is 0 Å². The van der Waals surface area contributed by atoms with Gasteiger partial charge in [0, 0.05) is 18.7 Å². The standard InChI is InChI=1S/C16H19FN4O2/c1-10-19-15(11-3-4-13(22-2)12(17)9-11)14(18)16(20-10)21-5-7-23-8-6-21/h3-4,9H,5-8,18H2,1-2H3. The molecule has 3 rings (SSSR count). The van der Waals surface area contributed by atoms with E-state index in [-0.39, 0.29) is 5.75 Å². The maximum absolute atomic E-state index is 14.0. The van der Waals surface area contributed by atoms with Gasteiger partial charge in [-0.05, 0) is 25.1 Å². The first-order valence-corrected chi connectivity index (χ1v) is 7.41. The van der Waals surface area contributed by atoms with Crippen molar-refractivity contribution >= 4 is 11.5 Å². The summed E-state index contributed by atoms with van der Waals surface area (Å²) in [7, 11) is 1.43. The van der Waals surface area contributed by atoms with Crippen LogP contribution in [0.1, 0.15) is 5.82 Å². The molecular formula is C16H19FN4O2. The third kappa shape index (κ3) is 3.05. The van der Waals surface area contributed by atoms with Crippen molar-refractivity contribution in [3.8, 4) is 17.0 Å². The Kier molecular flexibility index (Phi) is 4.29. The first kappa shape index (κ1) is 15.5. The Bertz CT molecular complexity index is 717. The largest absolute Gasteiger partial charge is 0.494 e. The number of methoxy groups -OCH3 is 1. The summed E-state index contributed by atoms with van der Waals surface area (Å²) in [6, 6.07) is 4.68. The third-order valence-corrected chi connectivity index (χ3v) is 3.77. The Balaban J connectivity index is 2.05. The molecule has 1 saturated heterocycles. The normalized spacial score (nSPS) is 14.8. The Morgan fingerprint density at radius 1 is 1.26 bits per heavy atom. The molecule has 0 aliphatic carbocycles. The molecule has 6 nitrogen and oxygen atoms in total. The highest BCUT2D eigenvalue weighted by atomic mass is 19.1. The SMILES string of the molecule is COc1ccc(-c2nc(C)nc(N3CCOCC3)c2N)cc1F. The summed E-state index contributed by atoms with van der Waals surface area (Å²) >= 11 is 0. The fraction of sp³-hybridized carbons (Fsp3) is 0.375. The summed E-state index contributed by atoms with van der Waals surface area (Å²) in [5, 5.41) is 0. The van der Waals surface area contributed by atoms with Gasteiger partial charge in [-0.2, -0.15) is 0 Å². The van der Waals surface area contributed by atoms with Crippen molar-refractivity contribution in [2.45, 2.75) is 6.92 Å². The highest BCUT2D eigenvalue weighted by Gasteiger charge is 2.20. The van der Waals surface area contributed by atoms with Crippen LogP contribution in [0.5, 0.6) is 5.75 Å². The number of ether oxygens (including phenoxy) is 2. The minimum Gasteiger partial charge on any atom is -0.494 e. The quantitative estimate of drug-likeness (QED) is 0.933. The first-order valence-electron chi connectivity index (χ1n) is 7.41. The van der Waals surface area contributed by atoms with E-state index in [4.69, 9.17) is 15.2 Å². The predicted molar refractivity (Wildman–Crippen MR) is 86.2 cm³/mol. The molecule has 1 aliphatic heterocycles. The zero-order valence-corrected chi connectivity index (χ0v) is 13.2. The number of hydrogen-bond acceptors (Lipinski definition) is 6. The summed E-state index contributed by atoms with van der Waals surface area (Å²) < 4.78 is 24.3. The number of anilines is 2. The number of aryl methyl sites for hydroxylation is 1. The van der Waals surface area contributed by atoms with Gasteiger partial charge in [0.25, 0.3) is 0 Å². The van der Waals surface area contributed by atoms with Crippen LogP contribution < -0.4 is 15.4 Å². The number of morpholine rings is 1. The molecule has 122 valence electrons. The number of nitrogens with two attached hydrogens (primary N) is 1. The molecule has 0 atom stereocenters. The van der Waals surface area contributed by atoms with Gasteiger partial charge in [0.2, 0.25) is 0 Å². The van der Waals surface area contributed by atoms with Crippen molar-refractivity contribution in [3.05, 3.63) is 29.8 Å². The van der Waals surface area contributed by atoms with Crippen molar-refractivity contribution in [3.63, 3.8) is 0 Å². The topological polar surface area (TPSA) is 73.5 Å². The van der Waals surface area contributed by atoms with E-state index in [1.54, 1.807) is 19.1 Å². The summed E-state index contributed by atoms with van der Waals surface area (Å²) in [6.45, 7) is 4.50. The molecule has 2 aromatic rings. The lowest BCUT2D eigenvalue weighted by atomic mass is 10.1. The molecule has 1 aromatic heterocycles. The molecule has 0 radical (unpaired) electrons. The van der Waals surface area contributed by atoms with E-state index in [2.05, 4.69) is 14.9 Å². The number of benzene rings is 1. The molecule has 23 heavy (non-hydrogen) atoms. The maximum Gasteiger partial charge on any atom is 0.165 e. The van der Waals surface area contributed by atoms with E-state index in [0.717, 1.165) is 13.1 Å². The van der Waals surface area contributed by atoms with Gasteiger partial charge in [-0.3, -0.25) is 0 Å². The van der Waals surface area contributed by atoms with Crippen LogP contribution in [0, 0.1) is 12.7 Å². The first-order chi connectivity index (χ1) is 11.1. The van der Waals surface area contributed by atoms with Gasteiger partial charge in [-0.15, -0.1) is 0 Å². The highest BCUT2D eigenvalue weighted by Crippen LogP contribution is 2.33. The molecule has 0 unspecified atom stereocenters. The molecule has 2 heterocycles. The lowest BCUT2D eigenvalue weighted by molar-refractivity contribution is 0.122. The zero-order valence-electron chi connectivity index (χ0n) is 13.2. The molecule has 0 spiro atoms. The molecule has 1 aromatic carbocycles. The second-order valence-electron chi connectivity index (χ2n) is 5.31. The van der Waals surface area contributed by atoms with Gasteiger partial charge in [0.15, 0.2) is 17.4 Å². The fourth-order valence-corrected chi connectivity index (χ4v) is 2.62. The summed E-state index contributed by atoms with van der Waals surface area (Å²) in [6.07, 6.45) is 0. The molecular weight excluding hydrogens is 299 g/mol. The van der Waals surface area contributed by atoms with Gasteiger partial charge in [-0.25, -0.2) is 14.4 Å². The molecule has 0 bridgehead atoms. The van der Waals surface area contributed by atoms with Crippen molar-refractivity contribution < 1.29 is 13.9 Å². The van der Waals surface area contributed by atoms with Crippen LogP contribution >= 0.6 is 0 Å². The van der Waals surface area contributed by atoms with Gasteiger partial charge in [0.1, 0.15) is 11.5 Å². The van der Waals surface area contributed by atoms with Crippen LogP contribution in [-0.4, -0.2) is 43.4 Å². The fourth-order valence-electron chi connectivity index (χ4n) is 2.62. The van der Waals surface area contributed by atoms with Crippen LogP contribution in [-0.2, 0) is 4.74 Å². The minimum atomic E-state index is -0.450. The Morgan fingerprint density at radius 2 is 2.00 bits per heavy atom. The van der Waals surface area contributed by atoms with Crippen molar-refractivity contribution in [2.75, 3.05) is 44.0 Å². The average molecular weight is 318 g/mol. The van der Waals surface area contributed by atoms with Gasteiger partial charge in [0.05, 0.1) is 26.0 Å². The van der Waals surface area contributed by atoms with E-state index in [1.807, 2.05) is 0 Å². The number of rotatable bonds is 3. The van der Waals surface area contributed by atoms with Crippen LogP contribution in [0.4, 0.5) is 15.9 Å². The average Bonchev–Trinajstić information content (AvgIpc) is 2.57. The van der Waals surface area contributed by atoms with Gasteiger partial charge >= 0.3 is 0 Å². The monoisotopic (exact) mass is 318 g/mol. The third-order valence-electron chi connectivity index (χ3n) is 3.77.